The number of rotatable bonds is 2. The third kappa shape index (κ3) is 2.19. The normalized spacial score (nSPS) is 35.5. The number of hydrogen-bond acceptors (Lipinski definition) is 5. The van der Waals surface area contributed by atoms with Gasteiger partial charge in [-0.2, -0.15) is 13.2 Å². The monoisotopic (exact) mass is 381 g/mol. The van der Waals surface area contributed by atoms with Gasteiger partial charge < -0.3 is 14.2 Å². The number of halogens is 3. The third-order valence-corrected chi connectivity index (χ3v) is 5.50. The van der Waals surface area contributed by atoms with Crippen LogP contribution in [-0.4, -0.2) is 43.0 Å². The predicted molar refractivity (Wildman–Crippen MR) is 83.4 cm³/mol. The topological polar surface area (TPSA) is 65.1 Å². The van der Waals surface area contributed by atoms with E-state index in [1.165, 1.54) is 12.1 Å². The number of anilines is 1. The fraction of sp³-hybridized carbons (Fsp3) is 0.444. The molecule has 4 aliphatic heterocycles. The molecule has 4 aliphatic rings. The van der Waals surface area contributed by atoms with Crippen molar-refractivity contribution < 1.29 is 37.0 Å². The molecular weight excluding hydrogens is 367 g/mol. The van der Waals surface area contributed by atoms with Gasteiger partial charge in [0, 0.05) is 0 Å². The van der Waals surface area contributed by atoms with Gasteiger partial charge in [-0.3, -0.25) is 9.59 Å². The number of carbonyl (C=O) groups is 2. The van der Waals surface area contributed by atoms with Crippen LogP contribution in [0.25, 0.3) is 0 Å². The second kappa shape index (κ2) is 5.40. The van der Waals surface area contributed by atoms with Crippen molar-refractivity contribution >= 4 is 17.5 Å². The van der Waals surface area contributed by atoms with E-state index in [1.807, 2.05) is 0 Å². The Morgan fingerprint density at radius 2 is 1.85 bits per heavy atom. The first kappa shape index (κ1) is 16.9. The molecule has 0 aliphatic carbocycles. The first-order valence-electron chi connectivity index (χ1n) is 8.48. The highest BCUT2D eigenvalue weighted by atomic mass is 19.4. The van der Waals surface area contributed by atoms with E-state index in [1.54, 1.807) is 12.2 Å². The molecule has 2 amide bonds. The second-order valence-corrected chi connectivity index (χ2v) is 6.93. The van der Waals surface area contributed by atoms with Crippen molar-refractivity contribution in [2.75, 3.05) is 18.1 Å². The Morgan fingerprint density at radius 3 is 2.56 bits per heavy atom. The molecule has 0 N–H and O–H groups in total. The van der Waals surface area contributed by atoms with E-state index in [2.05, 4.69) is 0 Å². The van der Waals surface area contributed by atoms with Crippen LogP contribution in [0.2, 0.25) is 0 Å². The maximum atomic E-state index is 13.1. The molecule has 4 heterocycles. The molecule has 0 radical (unpaired) electrons. The Bertz CT molecular complexity index is 863. The van der Waals surface area contributed by atoms with Gasteiger partial charge >= 0.3 is 6.18 Å². The highest BCUT2D eigenvalue weighted by Gasteiger charge is 2.71. The summed E-state index contributed by atoms with van der Waals surface area (Å²) in [6, 6.07) is 4.19. The van der Waals surface area contributed by atoms with Crippen LogP contribution in [0.15, 0.2) is 36.4 Å². The molecule has 3 fully saturated rings. The second-order valence-electron chi connectivity index (χ2n) is 6.93. The van der Waals surface area contributed by atoms with E-state index in [4.69, 9.17) is 14.2 Å². The molecule has 4 atom stereocenters. The van der Waals surface area contributed by atoms with Crippen LogP contribution < -0.4 is 4.90 Å². The summed E-state index contributed by atoms with van der Waals surface area (Å²) in [7, 11) is 0. The van der Waals surface area contributed by atoms with Crippen molar-refractivity contribution in [1.82, 2.24) is 0 Å². The van der Waals surface area contributed by atoms with Gasteiger partial charge in [0.25, 0.3) is 0 Å². The number of fused-ring (bicyclic) bond motifs is 5. The molecule has 1 aromatic rings. The molecule has 1 aromatic carbocycles. The Labute approximate surface area is 151 Å². The van der Waals surface area contributed by atoms with E-state index >= 15 is 0 Å². The van der Waals surface area contributed by atoms with Crippen LogP contribution in [0.4, 0.5) is 18.9 Å². The lowest BCUT2D eigenvalue weighted by molar-refractivity contribution is -0.180. The van der Waals surface area contributed by atoms with Crippen LogP contribution in [-0.2, 0) is 30.0 Å². The Balaban J connectivity index is 1.54. The first-order valence-corrected chi connectivity index (χ1v) is 8.48. The lowest BCUT2D eigenvalue weighted by Crippen LogP contribution is -2.49. The molecule has 9 heteroatoms. The smallest absolute Gasteiger partial charge is 0.357 e. The van der Waals surface area contributed by atoms with Gasteiger partial charge in [-0.25, -0.2) is 4.90 Å². The van der Waals surface area contributed by atoms with Crippen molar-refractivity contribution in [3.63, 3.8) is 0 Å². The maximum absolute atomic E-state index is 13.1. The molecule has 5 rings (SSSR count). The lowest BCUT2D eigenvalue weighted by atomic mass is 9.76. The van der Waals surface area contributed by atoms with Gasteiger partial charge in [-0.1, -0.05) is 12.1 Å². The minimum atomic E-state index is -4.58. The van der Waals surface area contributed by atoms with Crippen LogP contribution in [0, 0.1) is 11.8 Å². The molecule has 142 valence electrons. The molecule has 3 saturated heterocycles. The summed E-state index contributed by atoms with van der Waals surface area (Å²) in [5.74, 6) is -2.86. The molecular formula is C18H14F3NO5. The van der Waals surface area contributed by atoms with Crippen molar-refractivity contribution in [1.29, 1.82) is 0 Å². The number of hydrogen-bond donors (Lipinski definition) is 0. The minimum absolute atomic E-state index is 0.1000. The van der Waals surface area contributed by atoms with Gasteiger partial charge in [-0.05, 0) is 24.3 Å². The molecule has 2 bridgehead atoms. The average Bonchev–Trinajstić information content (AvgIpc) is 3.38. The van der Waals surface area contributed by atoms with E-state index in [0.717, 1.165) is 17.0 Å². The third-order valence-electron chi connectivity index (χ3n) is 5.50. The number of amides is 2. The largest absolute Gasteiger partial charge is 0.416 e. The van der Waals surface area contributed by atoms with E-state index < -0.39 is 53.4 Å². The fourth-order valence-electron chi connectivity index (χ4n) is 4.40. The Kier molecular flexibility index (Phi) is 3.38. The van der Waals surface area contributed by atoms with Gasteiger partial charge in [0.1, 0.15) is 0 Å². The van der Waals surface area contributed by atoms with Crippen molar-refractivity contribution in [2.45, 2.75) is 24.2 Å². The molecule has 6 nitrogen and oxygen atoms in total. The van der Waals surface area contributed by atoms with Gasteiger partial charge in [0.2, 0.25) is 11.8 Å². The standard InChI is InChI=1S/C18H14F3NO5/c19-18(20,21)9-2-1-3-10(8-9)22-14(23)12-11-4-5-17(27-11,13(12)15(22)24)16-25-6-7-26-16/h1-5,8,11-13,16H,6-7H2/t11-,12-,13+,17-/m1/s1. The Hall–Kier alpha value is -2.23. The van der Waals surface area contributed by atoms with Crippen LogP contribution in [0.5, 0.6) is 0 Å². The number of carbonyl (C=O) groups excluding carboxylic acids is 2. The molecule has 0 aromatic heterocycles. The van der Waals surface area contributed by atoms with Crippen molar-refractivity contribution in [3.05, 3.63) is 42.0 Å². The summed E-state index contributed by atoms with van der Waals surface area (Å²) < 4.78 is 56.0. The average molecular weight is 381 g/mol. The SMILES string of the molecule is O=C1[C@H]2[C@@H](C(=O)N1c1cccc(C(F)(F)F)c1)[C@@]1(C3OCCO3)C=C[C@H]2O1. The van der Waals surface area contributed by atoms with Gasteiger partial charge in [-0.15, -0.1) is 0 Å². The maximum Gasteiger partial charge on any atom is 0.416 e. The van der Waals surface area contributed by atoms with Crippen LogP contribution >= 0.6 is 0 Å². The van der Waals surface area contributed by atoms with Crippen LogP contribution in [0.1, 0.15) is 5.56 Å². The number of nitrogens with zero attached hydrogens (tertiary/aromatic N) is 1. The molecule has 27 heavy (non-hydrogen) atoms. The van der Waals surface area contributed by atoms with Gasteiger partial charge in [0.15, 0.2) is 11.9 Å². The summed E-state index contributed by atoms with van der Waals surface area (Å²) in [6.45, 7) is 0.677. The van der Waals surface area contributed by atoms with E-state index in [0.29, 0.717) is 13.2 Å². The number of imide groups is 1. The first-order chi connectivity index (χ1) is 12.8. The molecule has 0 spiro atoms. The minimum Gasteiger partial charge on any atom is -0.357 e. The van der Waals surface area contributed by atoms with Crippen LogP contribution in [0.3, 0.4) is 0 Å². The fourth-order valence-corrected chi connectivity index (χ4v) is 4.40. The Morgan fingerprint density at radius 1 is 1.11 bits per heavy atom. The zero-order valence-electron chi connectivity index (χ0n) is 13.8. The van der Waals surface area contributed by atoms with Crippen molar-refractivity contribution in [2.24, 2.45) is 11.8 Å². The summed E-state index contributed by atoms with van der Waals surface area (Å²) in [5.41, 5.74) is -2.25. The van der Waals surface area contributed by atoms with Crippen molar-refractivity contribution in [3.8, 4) is 0 Å². The summed E-state index contributed by atoms with van der Waals surface area (Å²) in [5, 5.41) is 0. The summed E-state index contributed by atoms with van der Waals surface area (Å²) >= 11 is 0. The zero-order chi connectivity index (χ0) is 19.0. The van der Waals surface area contributed by atoms with E-state index in [-0.39, 0.29) is 5.69 Å². The predicted octanol–water partition coefficient (Wildman–Crippen LogP) is 1.89. The summed E-state index contributed by atoms with van der Waals surface area (Å²) in [4.78, 5) is 26.9. The lowest BCUT2D eigenvalue weighted by Gasteiger charge is -2.32. The zero-order valence-corrected chi connectivity index (χ0v) is 13.8. The number of benzene rings is 1. The quantitative estimate of drug-likeness (QED) is 0.578. The molecule has 0 saturated carbocycles. The van der Waals surface area contributed by atoms with E-state index in [9.17, 15) is 22.8 Å². The van der Waals surface area contributed by atoms with Gasteiger partial charge in [0.05, 0.1) is 42.4 Å². The highest BCUT2D eigenvalue weighted by Crippen LogP contribution is 2.55. The number of ether oxygens (including phenoxy) is 3. The summed E-state index contributed by atoms with van der Waals surface area (Å²) in [6.07, 6.45) is -2.67. The molecule has 0 unspecified atom stereocenters. The highest BCUT2D eigenvalue weighted by molar-refractivity contribution is 6.23. The number of alkyl halides is 3.